The maximum absolute atomic E-state index is 13.4. The number of hydrogen-bond donors (Lipinski definition) is 0. The van der Waals surface area contributed by atoms with Gasteiger partial charge in [0.25, 0.3) is 0 Å². The van der Waals surface area contributed by atoms with E-state index in [1.54, 1.807) is 37.3 Å². The second-order valence-corrected chi connectivity index (χ2v) is 10.0. The van der Waals surface area contributed by atoms with Crippen LogP contribution in [0.2, 0.25) is 0 Å². The molecule has 0 amide bonds. The van der Waals surface area contributed by atoms with Crippen LogP contribution >= 0.6 is 11.3 Å². The van der Waals surface area contributed by atoms with Crippen molar-refractivity contribution in [2.45, 2.75) is 18.0 Å². The van der Waals surface area contributed by atoms with Crippen molar-refractivity contribution < 1.29 is 21.6 Å². The molecule has 8 heteroatoms. The van der Waals surface area contributed by atoms with Crippen LogP contribution in [0.15, 0.2) is 71.8 Å². The molecular weight excluding hydrogens is 431 g/mol. The van der Waals surface area contributed by atoms with Gasteiger partial charge in [-0.1, -0.05) is 31.2 Å². The lowest BCUT2D eigenvalue weighted by atomic mass is 10.0. The predicted octanol–water partition coefficient (Wildman–Crippen LogP) is 6.44. The zero-order chi connectivity index (χ0) is 21.5. The molecule has 0 aliphatic carbocycles. The molecule has 2 aromatic carbocycles. The number of hydrogen-bond acceptors (Lipinski definition) is 4. The van der Waals surface area contributed by atoms with Crippen molar-refractivity contribution in [3.8, 4) is 20.9 Å². The average Bonchev–Trinajstić information content (AvgIpc) is 3.22. The Labute approximate surface area is 175 Å². The number of thiophene rings is 1. The molecule has 2 heterocycles. The highest BCUT2D eigenvalue weighted by Crippen LogP contribution is 2.40. The van der Waals surface area contributed by atoms with Crippen LogP contribution in [0.1, 0.15) is 12.5 Å². The van der Waals surface area contributed by atoms with Crippen molar-refractivity contribution in [3.63, 3.8) is 0 Å². The van der Waals surface area contributed by atoms with E-state index >= 15 is 0 Å². The Morgan fingerprint density at radius 2 is 1.70 bits per heavy atom. The summed E-state index contributed by atoms with van der Waals surface area (Å²) >= 11 is 1.39. The minimum absolute atomic E-state index is 0.0106. The van der Waals surface area contributed by atoms with Crippen molar-refractivity contribution in [3.05, 3.63) is 72.4 Å². The van der Waals surface area contributed by atoms with Gasteiger partial charge in [-0.3, -0.25) is 4.98 Å². The summed E-state index contributed by atoms with van der Waals surface area (Å²) in [6.45, 7) is 1.59. The van der Waals surface area contributed by atoms with Crippen molar-refractivity contribution in [2.75, 3.05) is 5.75 Å². The first-order valence-corrected chi connectivity index (χ1v) is 11.6. The Morgan fingerprint density at radius 1 is 0.967 bits per heavy atom. The van der Waals surface area contributed by atoms with Gasteiger partial charge < -0.3 is 0 Å². The van der Waals surface area contributed by atoms with Crippen LogP contribution in [-0.4, -0.2) is 19.2 Å². The largest absolute Gasteiger partial charge is 0.418 e. The molecule has 0 aliphatic heterocycles. The summed E-state index contributed by atoms with van der Waals surface area (Å²) in [5, 5.41) is 0.419. The van der Waals surface area contributed by atoms with Gasteiger partial charge in [0.2, 0.25) is 0 Å². The van der Waals surface area contributed by atoms with E-state index in [1.807, 2.05) is 18.2 Å². The van der Waals surface area contributed by atoms with Crippen molar-refractivity contribution in [1.29, 1.82) is 0 Å². The molecule has 0 aliphatic rings. The molecule has 0 N–H and O–H groups in total. The number of para-hydroxylation sites is 1. The lowest BCUT2D eigenvalue weighted by Crippen LogP contribution is -2.06. The SMILES string of the molecule is CCS(=O)(=O)c1cccc(-c2ccc(-c3ccnc4c(C(F)(F)F)cccc34)s2)c1. The highest BCUT2D eigenvalue weighted by Gasteiger charge is 2.33. The molecular formula is C22H16F3NO2S2. The number of sulfone groups is 1. The van der Waals surface area contributed by atoms with Crippen LogP contribution in [0.5, 0.6) is 0 Å². The lowest BCUT2D eigenvalue weighted by molar-refractivity contribution is -0.136. The van der Waals surface area contributed by atoms with Gasteiger partial charge >= 0.3 is 6.18 Å². The number of fused-ring (bicyclic) bond motifs is 1. The molecule has 2 aromatic heterocycles. The maximum Gasteiger partial charge on any atom is 0.418 e. The molecule has 154 valence electrons. The Bertz CT molecular complexity index is 1340. The second-order valence-electron chi connectivity index (χ2n) is 6.65. The molecule has 0 atom stereocenters. The summed E-state index contributed by atoms with van der Waals surface area (Å²) in [5.74, 6) is 0.0106. The molecule has 3 nitrogen and oxygen atoms in total. The van der Waals surface area contributed by atoms with Crippen LogP contribution in [0, 0.1) is 0 Å². The Hall–Kier alpha value is -2.71. The highest BCUT2D eigenvalue weighted by molar-refractivity contribution is 7.91. The minimum Gasteiger partial charge on any atom is -0.256 e. The van der Waals surface area contributed by atoms with Gasteiger partial charge in [0.05, 0.1) is 21.7 Å². The number of aromatic nitrogens is 1. The fraction of sp³-hybridized carbons (Fsp3) is 0.136. The molecule has 0 fully saturated rings. The van der Waals surface area contributed by atoms with Crippen LogP contribution in [-0.2, 0) is 16.0 Å². The average molecular weight is 448 g/mol. The minimum atomic E-state index is -4.49. The van der Waals surface area contributed by atoms with Gasteiger partial charge in [0, 0.05) is 26.9 Å². The first-order chi connectivity index (χ1) is 14.2. The number of halogens is 3. The number of pyridine rings is 1. The summed E-state index contributed by atoms with van der Waals surface area (Å²) in [6, 6.07) is 16.1. The Morgan fingerprint density at radius 3 is 2.43 bits per heavy atom. The van der Waals surface area contributed by atoms with E-state index in [9.17, 15) is 21.6 Å². The first kappa shape index (κ1) is 20.6. The number of alkyl halides is 3. The van der Waals surface area contributed by atoms with Crippen LogP contribution < -0.4 is 0 Å². The number of nitrogens with zero attached hydrogens (tertiary/aromatic N) is 1. The summed E-state index contributed by atoms with van der Waals surface area (Å²) in [4.78, 5) is 5.82. The molecule has 0 radical (unpaired) electrons. The van der Waals surface area contributed by atoms with Crippen molar-refractivity contribution in [1.82, 2.24) is 4.98 Å². The van der Waals surface area contributed by atoms with Crippen LogP contribution in [0.25, 0.3) is 31.8 Å². The standard InChI is InChI=1S/C22H16F3NO2S2/c1-2-30(27,28)15-6-3-5-14(13-15)19-9-10-20(29-19)16-11-12-26-21-17(16)7-4-8-18(21)22(23,24)25/h3-13H,2H2,1H3. The molecule has 0 spiro atoms. The van der Waals surface area contributed by atoms with Gasteiger partial charge in [-0.2, -0.15) is 13.2 Å². The summed E-state index contributed by atoms with van der Waals surface area (Å²) < 4.78 is 64.4. The third-order valence-corrected chi connectivity index (χ3v) is 7.71. The molecule has 30 heavy (non-hydrogen) atoms. The summed E-state index contributed by atoms with van der Waals surface area (Å²) in [5.41, 5.74) is 0.541. The quantitative estimate of drug-likeness (QED) is 0.362. The lowest BCUT2D eigenvalue weighted by Gasteiger charge is -2.11. The fourth-order valence-electron chi connectivity index (χ4n) is 3.27. The van der Waals surface area contributed by atoms with E-state index in [4.69, 9.17) is 0 Å². The van der Waals surface area contributed by atoms with Gasteiger partial charge in [-0.15, -0.1) is 11.3 Å². The predicted molar refractivity (Wildman–Crippen MR) is 113 cm³/mol. The molecule has 0 unspecified atom stereocenters. The molecule has 0 saturated heterocycles. The molecule has 0 saturated carbocycles. The van der Waals surface area contributed by atoms with E-state index in [1.165, 1.54) is 23.6 Å². The zero-order valence-corrected chi connectivity index (χ0v) is 17.4. The maximum atomic E-state index is 13.4. The monoisotopic (exact) mass is 447 g/mol. The van der Waals surface area contributed by atoms with Gasteiger partial charge in [-0.05, 0) is 42.0 Å². The third kappa shape index (κ3) is 3.73. The topological polar surface area (TPSA) is 47.0 Å². The summed E-state index contributed by atoms with van der Waals surface area (Å²) in [6.07, 6.45) is -3.11. The van der Waals surface area contributed by atoms with E-state index in [0.29, 0.717) is 10.9 Å². The number of rotatable bonds is 4. The van der Waals surface area contributed by atoms with Crippen LogP contribution in [0.3, 0.4) is 0 Å². The number of benzene rings is 2. The van der Waals surface area contributed by atoms with E-state index in [0.717, 1.165) is 21.4 Å². The van der Waals surface area contributed by atoms with Crippen molar-refractivity contribution in [2.24, 2.45) is 0 Å². The van der Waals surface area contributed by atoms with Crippen molar-refractivity contribution >= 4 is 32.1 Å². The third-order valence-electron chi connectivity index (χ3n) is 4.81. The normalized spacial score (nSPS) is 12.4. The zero-order valence-electron chi connectivity index (χ0n) is 15.8. The summed E-state index contributed by atoms with van der Waals surface area (Å²) in [7, 11) is -3.33. The fourth-order valence-corrected chi connectivity index (χ4v) is 5.23. The highest BCUT2D eigenvalue weighted by atomic mass is 32.2. The van der Waals surface area contributed by atoms with E-state index in [-0.39, 0.29) is 16.2 Å². The molecule has 4 aromatic rings. The second kappa shape index (κ2) is 7.52. The smallest absolute Gasteiger partial charge is 0.256 e. The van der Waals surface area contributed by atoms with Gasteiger partial charge in [0.1, 0.15) is 0 Å². The Kier molecular flexibility index (Phi) is 5.15. The van der Waals surface area contributed by atoms with Crippen LogP contribution in [0.4, 0.5) is 13.2 Å². The van der Waals surface area contributed by atoms with E-state index < -0.39 is 21.6 Å². The van der Waals surface area contributed by atoms with E-state index in [2.05, 4.69) is 4.98 Å². The van der Waals surface area contributed by atoms with Gasteiger partial charge in [-0.25, -0.2) is 8.42 Å². The first-order valence-electron chi connectivity index (χ1n) is 9.09. The Balaban J connectivity index is 1.81. The molecule has 0 bridgehead atoms. The molecule has 4 rings (SSSR count). The van der Waals surface area contributed by atoms with Gasteiger partial charge in [0.15, 0.2) is 9.84 Å².